The smallest absolute Gasteiger partial charge is 0.243 e. The molecule has 84 valence electrons. The Morgan fingerprint density at radius 2 is 2.40 bits per heavy atom. The van der Waals surface area contributed by atoms with Crippen LogP contribution in [0.25, 0.3) is 10.4 Å². The number of nitrogens with zero attached hydrogens (tertiary/aromatic N) is 4. The Hall–Kier alpha value is -1.36. The molecule has 1 atom stereocenters. The van der Waals surface area contributed by atoms with Crippen LogP contribution in [0.4, 0.5) is 8.78 Å². The Morgan fingerprint density at radius 3 is 3.00 bits per heavy atom. The zero-order chi connectivity index (χ0) is 11.3. The van der Waals surface area contributed by atoms with Crippen LogP contribution in [0.1, 0.15) is 12.8 Å². The molecule has 0 radical (unpaired) electrons. The molecule has 0 aromatic heterocycles. The van der Waals surface area contributed by atoms with Gasteiger partial charge in [0, 0.05) is 23.9 Å². The molecule has 1 fully saturated rings. The average molecular weight is 218 g/mol. The summed E-state index contributed by atoms with van der Waals surface area (Å²) in [7, 11) is 0. The van der Waals surface area contributed by atoms with Crippen molar-refractivity contribution in [1.82, 2.24) is 4.90 Å². The predicted molar refractivity (Wildman–Crippen MR) is 49.3 cm³/mol. The first-order valence-electron chi connectivity index (χ1n) is 4.72. The number of carbonyl (C=O) groups excluding carboxylic acids is 1. The van der Waals surface area contributed by atoms with Crippen molar-refractivity contribution in [2.75, 3.05) is 19.6 Å². The number of alkyl halides is 2. The molecule has 0 spiro atoms. The van der Waals surface area contributed by atoms with Gasteiger partial charge in [0.25, 0.3) is 0 Å². The van der Waals surface area contributed by atoms with Gasteiger partial charge in [-0.1, -0.05) is 5.11 Å². The maximum Gasteiger partial charge on any atom is 0.243 e. The van der Waals surface area contributed by atoms with Crippen molar-refractivity contribution < 1.29 is 13.6 Å². The minimum atomic E-state index is -2.39. The molecule has 0 N–H and O–H groups in total. The van der Waals surface area contributed by atoms with Crippen molar-refractivity contribution in [3.05, 3.63) is 10.4 Å². The lowest BCUT2D eigenvalue weighted by molar-refractivity contribution is -0.132. The molecule has 0 saturated carbocycles. The topological polar surface area (TPSA) is 69.1 Å². The lowest BCUT2D eigenvalue weighted by Crippen LogP contribution is -2.42. The molecular formula is C8H12F2N4O. The van der Waals surface area contributed by atoms with Gasteiger partial charge in [-0.05, 0) is 18.4 Å². The molecule has 0 aromatic carbocycles. The molecule has 0 bridgehead atoms. The lowest BCUT2D eigenvalue weighted by atomic mass is 9.98. The average Bonchev–Trinajstić information content (AvgIpc) is 2.26. The van der Waals surface area contributed by atoms with Crippen LogP contribution in [0.2, 0.25) is 0 Å². The SMILES string of the molecule is [N-]=[N+]=NCC(=O)N1CCCC(C(F)F)C1. The van der Waals surface area contributed by atoms with E-state index in [0.717, 1.165) is 0 Å². The van der Waals surface area contributed by atoms with E-state index in [0.29, 0.717) is 19.4 Å². The molecule has 1 heterocycles. The second kappa shape index (κ2) is 5.50. The Balaban J connectivity index is 2.48. The summed E-state index contributed by atoms with van der Waals surface area (Å²) in [6, 6.07) is 0. The van der Waals surface area contributed by atoms with Crippen molar-refractivity contribution in [2.24, 2.45) is 11.0 Å². The highest BCUT2D eigenvalue weighted by atomic mass is 19.3. The van der Waals surface area contributed by atoms with Crippen molar-refractivity contribution >= 4 is 5.91 Å². The largest absolute Gasteiger partial charge is 0.342 e. The van der Waals surface area contributed by atoms with E-state index in [2.05, 4.69) is 10.0 Å². The minimum Gasteiger partial charge on any atom is -0.342 e. The van der Waals surface area contributed by atoms with Gasteiger partial charge >= 0.3 is 0 Å². The van der Waals surface area contributed by atoms with Crippen LogP contribution in [-0.4, -0.2) is 36.9 Å². The van der Waals surface area contributed by atoms with E-state index in [1.165, 1.54) is 4.90 Å². The first kappa shape index (κ1) is 11.7. The third-order valence-electron chi connectivity index (χ3n) is 2.44. The van der Waals surface area contributed by atoms with Crippen LogP contribution in [0.5, 0.6) is 0 Å². The maximum absolute atomic E-state index is 12.4. The molecule has 0 aliphatic carbocycles. The normalized spacial score (nSPS) is 21.3. The Bertz CT molecular complexity index is 278. The summed E-state index contributed by atoms with van der Waals surface area (Å²) in [5.74, 6) is -1.12. The highest BCUT2D eigenvalue weighted by Gasteiger charge is 2.28. The molecule has 1 amide bonds. The van der Waals surface area contributed by atoms with Crippen molar-refractivity contribution in [3.63, 3.8) is 0 Å². The van der Waals surface area contributed by atoms with Crippen LogP contribution >= 0.6 is 0 Å². The van der Waals surface area contributed by atoms with E-state index in [1.807, 2.05) is 0 Å². The summed E-state index contributed by atoms with van der Waals surface area (Å²) in [6.07, 6.45) is -1.36. The van der Waals surface area contributed by atoms with Gasteiger partial charge in [-0.2, -0.15) is 0 Å². The third-order valence-corrected chi connectivity index (χ3v) is 2.44. The van der Waals surface area contributed by atoms with Crippen molar-refractivity contribution in [2.45, 2.75) is 19.3 Å². The van der Waals surface area contributed by atoms with Crippen LogP contribution < -0.4 is 0 Å². The molecular weight excluding hydrogens is 206 g/mol. The number of likely N-dealkylation sites (tertiary alicyclic amines) is 1. The van der Waals surface area contributed by atoms with Gasteiger partial charge in [0.05, 0.1) is 0 Å². The molecule has 15 heavy (non-hydrogen) atoms. The number of amides is 1. The highest BCUT2D eigenvalue weighted by Crippen LogP contribution is 2.22. The summed E-state index contributed by atoms with van der Waals surface area (Å²) in [5, 5.41) is 3.12. The first-order valence-corrected chi connectivity index (χ1v) is 4.72. The number of halogens is 2. The van der Waals surface area contributed by atoms with Crippen molar-refractivity contribution in [1.29, 1.82) is 0 Å². The molecule has 1 aliphatic heterocycles. The quantitative estimate of drug-likeness (QED) is 0.404. The highest BCUT2D eigenvalue weighted by molar-refractivity contribution is 5.78. The number of azide groups is 1. The van der Waals surface area contributed by atoms with Gasteiger partial charge in [0.1, 0.15) is 6.54 Å². The molecule has 5 nitrogen and oxygen atoms in total. The van der Waals surface area contributed by atoms with Gasteiger partial charge < -0.3 is 4.90 Å². The van der Waals surface area contributed by atoms with Crippen LogP contribution in [0.15, 0.2) is 5.11 Å². The minimum absolute atomic E-state index is 0.0669. The number of rotatable bonds is 3. The number of carbonyl (C=O) groups is 1. The summed E-state index contributed by atoms with van der Waals surface area (Å²) in [6.45, 7) is 0.257. The monoisotopic (exact) mass is 218 g/mol. The fourth-order valence-electron chi connectivity index (χ4n) is 1.63. The van der Waals surface area contributed by atoms with Gasteiger partial charge in [0.2, 0.25) is 12.3 Å². The van der Waals surface area contributed by atoms with Crippen LogP contribution in [0.3, 0.4) is 0 Å². The Kier molecular flexibility index (Phi) is 4.30. The van der Waals surface area contributed by atoms with E-state index in [4.69, 9.17) is 5.53 Å². The summed E-state index contributed by atoms with van der Waals surface area (Å²) >= 11 is 0. The van der Waals surface area contributed by atoms with Gasteiger partial charge in [-0.25, -0.2) is 8.78 Å². The van der Waals surface area contributed by atoms with Crippen LogP contribution in [-0.2, 0) is 4.79 Å². The molecule has 1 unspecified atom stereocenters. The molecule has 7 heteroatoms. The van der Waals surface area contributed by atoms with Crippen LogP contribution in [0, 0.1) is 5.92 Å². The standard InChI is InChI=1S/C8H12F2N4O/c9-8(10)6-2-1-3-14(5-6)7(15)4-12-13-11/h6,8H,1-5H2. The number of hydrogen-bond donors (Lipinski definition) is 0. The second-order valence-corrected chi connectivity index (χ2v) is 3.47. The van der Waals surface area contributed by atoms with E-state index >= 15 is 0 Å². The Labute approximate surface area is 85.7 Å². The summed E-state index contributed by atoms with van der Waals surface area (Å²) in [5.41, 5.74) is 8.02. The third kappa shape index (κ3) is 3.36. The van der Waals surface area contributed by atoms with E-state index in [-0.39, 0.29) is 19.0 Å². The number of piperidine rings is 1. The fourth-order valence-corrected chi connectivity index (χ4v) is 1.63. The zero-order valence-corrected chi connectivity index (χ0v) is 8.14. The summed E-state index contributed by atoms with van der Waals surface area (Å²) in [4.78, 5) is 15.1. The zero-order valence-electron chi connectivity index (χ0n) is 8.14. The van der Waals surface area contributed by atoms with Gasteiger partial charge in [-0.3, -0.25) is 4.79 Å². The van der Waals surface area contributed by atoms with Gasteiger partial charge in [-0.15, -0.1) is 0 Å². The second-order valence-electron chi connectivity index (χ2n) is 3.47. The summed E-state index contributed by atoms with van der Waals surface area (Å²) < 4.78 is 24.8. The van der Waals surface area contributed by atoms with Gasteiger partial charge in [0.15, 0.2) is 0 Å². The van der Waals surface area contributed by atoms with E-state index < -0.39 is 12.3 Å². The van der Waals surface area contributed by atoms with Crippen molar-refractivity contribution in [3.8, 4) is 0 Å². The van der Waals surface area contributed by atoms with E-state index in [9.17, 15) is 13.6 Å². The molecule has 1 rings (SSSR count). The maximum atomic E-state index is 12.4. The Morgan fingerprint density at radius 1 is 1.67 bits per heavy atom. The first-order chi connectivity index (χ1) is 7.15. The molecule has 0 aromatic rings. The molecule has 1 aliphatic rings. The lowest BCUT2D eigenvalue weighted by Gasteiger charge is -2.32. The fraction of sp³-hybridized carbons (Fsp3) is 0.875. The molecule has 1 saturated heterocycles. The predicted octanol–water partition coefficient (Wildman–Crippen LogP) is 1.80. The van der Waals surface area contributed by atoms with E-state index in [1.54, 1.807) is 0 Å². The number of hydrogen-bond acceptors (Lipinski definition) is 2.